The number of carbonyl (C=O) groups is 1. The molecule has 0 bridgehead atoms. The van der Waals surface area contributed by atoms with Gasteiger partial charge in [-0.2, -0.15) is 9.37 Å². The maximum atomic E-state index is 14.0. The molecule has 1 atom stereocenters. The zero-order valence-electron chi connectivity index (χ0n) is 13.8. The minimum Gasteiger partial charge on any atom is -0.302 e. The predicted octanol–water partition coefficient (Wildman–Crippen LogP) is 2.62. The van der Waals surface area contributed by atoms with Crippen molar-refractivity contribution >= 4 is 22.4 Å². The molecule has 1 aliphatic heterocycles. The van der Waals surface area contributed by atoms with E-state index in [1.807, 2.05) is 0 Å². The van der Waals surface area contributed by atoms with Gasteiger partial charge in [0, 0.05) is 26.4 Å². The van der Waals surface area contributed by atoms with Gasteiger partial charge < -0.3 is 5.32 Å². The number of halogens is 2. The lowest BCUT2D eigenvalue weighted by Crippen LogP contribution is -2.36. The van der Waals surface area contributed by atoms with Gasteiger partial charge in [-0.15, -0.1) is 0 Å². The van der Waals surface area contributed by atoms with Crippen molar-refractivity contribution in [3.63, 3.8) is 0 Å². The fourth-order valence-corrected chi connectivity index (χ4v) is 3.93. The van der Waals surface area contributed by atoms with E-state index in [0.29, 0.717) is 29.6 Å². The van der Waals surface area contributed by atoms with Gasteiger partial charge in [0.1, 0.15) is 5.82 Å². The highest BCUT2D eigenvalue weighted by molar-refractivity contribution is 7.15. The van der Waals surface area contributed by atoms with E-state index in [2.05, 4.69) is 25.2 Å². The Morgan fingerprint density at radius 2 is 2.16 bits per heavy atom. The number of nitrogens with one attached hydrogen (secondary N) is 1. The molecular formula is C16H19F2N5OS. The maximum absolute atomic E-state index is 14.0. The Kier molecular flexibility index (Phi) is 5.64. The highest BCUT2D eigenvalue weighted by atomic mass is 32.1. The van der Waals surface area contributed by atoms with Gasteiger partial charge in [-0.3, -0.25) is 9.69 Å². The molecule has 0 spiro atoms. The van der Waals surface area contributed by atoms with E-state index in [4.69, 9.17) is 0 Å². The Morgan fingerprint density at radius 3 is 2.88 bits per heavy atom. The number of hydrogen-bond donors (Lipinski definition) is 1. The third-order valence-corrected chi connectivity index (χ3v) is 4.98. The molecule has 1 saturated heterocycles. The number of thiazole rings is 1. The summed E-state index contributed by atoms with van der Waals surface area (Å²) in [6, 6.07) is 0. The lowest BCUT2D eigenvalue weighted by molar-refractivity contribution is -0.114. The van der Waals surface area contributed by atoms with Gasteiger partial charge in [-0.1, -0.05) is 11.3 Å². The van der Waals surface area contributed by atoms with Crippen LogP contribution in [-0.2, 0) is 17.8 Å². The van der Waals surface area contributed by atoms with Crippen LogP contribution in [0.15, 0.2) is 12.4 Å². The quantitative estimate of drug-likeness (QED) is 0.880. The molecule has 0 radical (unpaired) electrons. The van der Waals surface area contributed by atoms with E-state index in [0.717, 1.165) is 37.3 Å². The molecule has 0 saturated carbocycles. The largest absolute Gasteiger partial charge is 0.302 e. The smallest absolute Gasteiger partial charge is 0.230 e. The Balaban J connectivity index is 1.59. The van der Waals surface area contributed by atoms with Gasteiger partial charge in [0.2, 0.25) is 11.9 Å². The summed E-state index contributed by atoms with van der Waals surface area (Å²) >= 11 is 1.16. The molecule has 3 rings (SSSR count). The number of aromatic nitrogens is 3. The summed E-state index contributed by atoms with van der Waals surface area (Å²) in [4.78, 5) is 25.5. The highest BCUT2D eigenvalue weighted by Crippen LogP contribution is 2.26. The zero-order chi connectivity index (χ0) is 17.8. The van der Waals surface area contributed by atoms with Gasteiger partial charge in [0.05, 0.1) is 17.3 Å². The molecule has 9 heteroatoms. The Hall–Kier alpha value is -2.00. The highest BCUT2D eigenvalue weighted by Gasteiger charge is 2.23. The van der Waals surface area contributed by atoms with E-state index in [9.17, 15) is 13.6 Å². The lowest BCUT2D eigenvalue weighted by atomic mass is 9.94. The van der Waals surface area contributed by atoms with E-state index in [1.54, 1.807) is 0 Å². The molecular weight excluding hydrogens is 348 g/mol. The summed E-state index contributed by atoms with van der Waals surface area (Å²) in [5.41, 5.74) is 0. The average Bonchev–Trinajstić information content (AvgIpc) is 2.88. The first-order valence-corrected chi connectivity index (χ1v) is 8.93. The summed E-state index contributed by atoms with van der Waals surface area (Å²) in [6.45, 7) is 3.51. The molecule has 3 heterocycles. The minimum absolute atomic E-state index is 0.266. The second-order valence-electron chi connectivity index (χ2n) is 6.18. The second-order valence-corrected chi connectivity index (χ2v) is 7.26. The van der Waals surface area contributed by atoms with Crippen LogP contribution in [0.25, 0.3) is 0 Å². The first-order chi connectivity index (χ1) is 12.0. The van der Waals surface area contributed by atoms with Crippen LogP contribution in [0.3, 0.4) is 0 Å². The molecule has 1 N–H and O–H groups in total. The van der Waals surface area contributed by atoms with Gasteiger partial charge in [0.25, 0.3) is 0 Å². The van der Waals surface area contributed by atoms with E-state index in [1.165, 1.54) is 19.3 Å². The van der Waals surface area contributed by atoms with Gasteiger partial charge in [0.15, 0.2) is 10.9 Å². The Labute approximate surface area is 148 Å². The normalized spacial score (nSPS) is 18.3. The number of anilines is 1. The fourth-order valence-electron chi connectivity index (χ4n) is 3.00. The third kappa shape index (κ3) is 4.99. The molecule has 1 amide bonds. The van der Waals surface area contributed by atoms with Crippen LogP contribution in [0.4, 0.5) is 13.9 Å². The van der Waals surface area contributed by atoms with Crippen LogP contribution in [-0.4, -0.2) is 38.8 Å². The number of amides is 1. The van der Waals surface area contributed by atoms with Crippen molar-refractivity contribution in [1.29, 1.82) is 0 Å². The predicted molar refractivity (Wildman–Crippen MR) is 90.1 cm³/mol. The van der Waals surface area contributed by atoms with Crippen molar-refractivity contribution < 1.29 is 13.6 Å². The molecule has 25 heavy (non-hydrogen) atoms. The molecule has 6 nitrogen and oxygen atoms in total. The van der Waals surface area contributed by atoms with Crippen LogP contribution in [0.2, 0.25) is 0 Å². The van der Waals surface area contributed by atoms with Gasteiger partial charge >= 0.3 is 0 Å². The number of nitrogens with zero attached hydrogens (tertiary/aromatic N) is 4. The average molecular weight is 367 g/mol. The summed E-state index contributed by atoms with van der Waals surface area (Å²) in [5.74, 6) is -0.254. The monoisotopic (exact) mass is 367 g/mol. The SMILES string of the molecule is CC(=O)Nc1nc(F)c(CN2CCC[C@H](Cc3ncc(F)cn3)C2)s1. The Morgan fingerprint density at radius 1 is 1.40 bits per heavy atom. The summed E-state index contributed by atoms with van der Waals surface area (Å²) in [7, 11) is 0. The third-order valence-electron chi connectivity index (χ3n) is 4.05. The molecule has 134 valence electrons. The van der Waals surface area contributed by atoms with Gasteiger partial charge in [-0.05, 0) is 25.3 Å². The maximum Gasteiger partial charge on any atom is 0.230 e. The van der Waals surface area contributed by atoms with Crippen LogP contribution < -0.4 is 5.32 Å². The molecule has 0 aromatic carbocycles. The molecule has 2 aromatic rings. The van der Waals surface area contributed by atoms with Crippen molar-refractivity contribution in [2.75, 3.05) is 18.4 Å². The molecule has 1 aliphatic rings. The Bertz CT molecular complexity index is 737. The molecule has 1 fully saturated rings. The lowest BCUT2D eigenvalue weighted by Gasteiger charge is -2.32. The van der Waals surface area contributed by atoms with Crippen molar-refractivity contribution in [2.24, 2.45) is 5.92 Å². The number of carbonyl (C=O) groups excluding carboxylic acids is 1. The zero-order valence-corrected chi connectivity index (χ0v) is 14.7. The number of piperidine rings is 1. The van der Waals surface area contributed by atoms with Crippen molar-refractivity contribution in [1.82, 2.24) is 19.9 Å². The van der Waals surface area contributed by atoms with Gasteiger partial charge in [-0.25, -0.2) is 14.4 Å². The van der Waals surface area contributed by atoms with Crippen LogP contribution in [0.1, 0.15) is 30.5 Å². The second kappa shape index (κ2) is 7.92. The van der Waals surface area contributed by atoms with E-state index in [-0.39, 0.29) is 11.0 Å². The van der Waals surface area contributed by atoms with Crippen LogP contribution >= 0.6 is 11.3 Å². The molecule has 0 unspecified atom stereocenters. The summed E-state index contributed by atoms with van der Waals surface area (Å²) in [5, 5.41) is 2.80. The van der Waals surface area contributed by atoms with Crippen molar-refractivity contribution in [2.45, 2.75) is 32.7 Å². The summed E-state index contributed by atoms with van der Waals surface area (Å²) < 4.78 is 26.9. The number of likely N-dealkylation sites (tertiary alicyclic amines) is 1. The minimum atomic E-state index is -0.530. The van der Waals surface area contributed by atoms with Crippen molar-refractivity contribution in [3.8, 4) is 0 Å². The topological polar surface area (TPSA) is 71.0 Å². The van der Waals surface area contributed by atoms with E-state index < -0.39 is 11.8 Å². The van der Waals surface area contributed by atoms with E-state index >= 15 is 0 Å². The molecule has 0 aliphatic carbocycles. The number of rotatable bonds is 5. The van der Waals surface area contributed by atoms with Crippen LogP contribution in [0, 0.1) is 17.7 Å². The standard InChI is InChI=1S/C16H19F2N5OS/c1-10(24)21-16-22-15(18)13(25-16)9-23-4-2-3-11(8-23)5-14-19-6-12(17)7-20-14/h6-7,11H,2-5,8-9H2,1H3,(H,21,22,24)/t11-/m1/s1. The summed E-state index contributed by atoms with van der Waals surface area (Å²) in [6.07, 6.45) is 5.09. The fraction of sp³-hybridized carbons (Fsp3) is 0.500. The first kappa shape index (κ1) is 17.8. The van der Waals surface area contributed by atoms with Crippen LogP contribution in [0.5, 0.6) is 0 Å². The first-order valence-electron chi connectivity index (χ1n) is 8.11. The molecule has 2 aromatic heterocycles. The number of hydrogen-bond acceptors (Lipinski definition) is 6. The van der Waals surface area contributed by atoms with Crippen molar-refractivity contribution in [3.05, 3.63) is 34.9 Å².